The molecule has 0 spiro atoms. The number of hydrogen-bond acceptors (Lipinski definition) is 4. The van der Waals surface area contributed by atoms with Crippen LogP contribution in [0, 0.1) is 0 Å². The highest BCUT2D eigenvalue weighted by atomic mass is 16.5. The molecule has 2 rings (SSSR count). The second kappa shape index (κ2) is 6.49. The Hall–Kier alpha value is -1.43. The van der Waals surface area contributed by atoms with Crippen LogP contribution in [0.5, 0.6) is 0 Å². The predicted molar refractivity (Wildman–Crippen MR) is 70.3 cm³/mol. The molecule has 0 atom stereocenters. The first-order chi connectivity index (χ1) is 8.86. The van der Waals surface area contributed by atoms with Gasteiger partial charge in [-0.2, -0.15) is 0 Å². The Labute approximate surface area is 107 Å². The summed E-state index contributed by atoms with van der Waals surface area (Å²) in [6.07, 6.45) is 0. The van der Waals surface area contributed by atoms with Gasteiger partial charge in [-0.1, -0.05) is 12.1 Å². The van der Waals surface area contributed by atoms with Crippen LogP contribution in [0.15, 0.2) is 24.3 Å². The summed E-state index contributed by atoms with van der Waals surface area (Å²) in [5.74, 6) is 0.918. The van der Waals surface area contributed by atoms with Gasteiger partial charge in [-0.15, -0.1) is 0 Å². The Morgan fingerprint density at radius 1 is 1.28 bits per heavy atom. The molecule has 0 saturated carbocycles. The summed E-state index contributed by atoms with van der Waals surface area (Å²) < 4.78 is 12.7. The van der Waals surface area contributed by atoms with E-state index in [-0.39, 0.29) is 0 Å². The van der Waals surface area contributed by atoms with E-state index in [1.165, 1.54) is 0 Å². The number of para-hydroxylation sites is 2. The summed E-state index contributed by atoms with van der Waals surface area (Å²) in [6, 6.07) is 8.06. The van der Waals surface area contributed by atoms with Crippen molar-refractivity contribution < 1.29 is 9.47 Å². The number of benzene rings is 1. The lowest BCUT2D eigenvalue weighted by Crippen LogP contribution is -2.12. The molecule has 5 nitrogen and oxygen atoms in total. The van der Waals surface area contributed by atoms with Crippen LogP contribution in [0.25, 0.3) is 11.0 Å². The zero-order valence-electron chi connectivity index (χ0n) is 10.6. The fourth-order valence-electron chi connectivity index (χ4n) is 1.91. The summed E-state index contributed by atoms with van der Waals surface area (Å²) in [6.45, 7) is 2.99. The van der Waals surface area contributed by atoms with Crippen LogP contribution in [0.3, 0.4) is 0 Å². The lowest BCUT2D eigenvalue weighted by atomic mass is 10.3. The van der Waals surface area contributed by atoms with Crippen molar-refractivity contribution >= 4 is 11.0 Å². The number of fused-ring (bicyclic) bond motifs is 1. The molecule has 98 valence electrons. The van der Waals surface area contributed by atoms with E-state index in [0.29, 0.717) is 26.4 Å². The van der Waals surface area contributed by atoms with Gasteiger partial charge in [0.2, 0.25) is 0 Å². The van der Waals surface area contributed by atoms with Gasteiger partial charge in [0.15, 0.2) is 0 Å². The standard InChI is InChI=1S/C13H19N3O2/c1-17-9-7-16-12-5-3-2-4-11(12)15-13(16)10-18-8-6-14/h2-5H,6-10,14H2,1H3. The molecule has 1 aromatic carbocycles. The molecule has 18 heavy (non-hydrogen) atoms. The number of nitrogens with two attached hydrogens (primary N) is 1. The molecule has 0 aliphatic rings. The average Bonchev–Trinajstić information content (AvgIpc) is 2.74. The van der Waals surface area contributed by atoms with Crippen LogP contribution in [-0.2, 0) is 22.6 Å². The molecule has 0 bridgehead atoms. The van der Waals surface area contributed by atoms with E-state index in [4.69, 9.17) is 15.2 Å². The second-order valence-corrected chi connectivity index (χ2v) is 4.00. The lowest BCUT2D eigenvalue weighted by molar-refractivity contribution is 0.118. The number of ether oxygens (including phenoxy) is 2. The molecule has 0 amide bonds. The number of hydrogen-bond donors (Lipinski definition) is 1. The van der Waals surface area contributed by atoms with Crippen molar-refractivity contribution in [2.24, 2.45) is 5.73 Å². The van der Waals surface area contributed by atoms with E-state index in [1.54, 1.807) is 7.11 Å². The molecule has 5 heteroatoms. The third-order valence-corrected chi connectivity index (χ3v) is 2.75. The molecule has 1 aromatic heterocycles. The monoisotopic (exact) mass is 249 g/mol. The third-order valence-electron chi connectivity index (χ3n) is 2.75. The number of imidazole rings is 1. The molecule has 2 N–H and O–H groups in total. The number of methoxy groups -OCH3 is 1. The number of nitrogens with zero attached hydrogens (tertiary/aromatic N) is 2. The highest BCUT2D eigenvalue weighted by molar-refractivity contribution is 5.75. The molecular weight excluding hydrogens is 230 g/mol. The number of rotatable bonds is 7. The molecule has 0 radical (unpaired) electrons. The van der Waals surface area contributed by atoms with Gasteiger partial charge in [0.05, 0.1) is 24.2 Å². The van der Waals surface area contributed by atoms with E-state index in [9.17, 15) is 0 Å². The second-order valence-electron chi connectivity index (χ2n) is 4.00. The quantitative estimate of drug-likeness (QED) is 0.748. The van der Waals surface area contributed by atoms with Gasteiger partial charge in [0.1, 0.15) is 12.4 Å². The average molecular weight is 249 g/mol. The maximum Gasteiger partial charge on any atom is 0.136 e. The SMILES string of the molecule is COCCn1c(COCCN)nc2ccccc21. The van der Waals surface area contributed by atoms with E-state index in [1.807, 2.05) is 18.2 Å². The van der Waals surface area contributed by atoms with Crippen molar-refractivity contribution in [2.75, 3.05) is 26.9 Å². The first kappa shape index (κ1) is 13.0. The Morgan fingerprint density at radius 3 is 2.89 bits per heavy atom. The first-order valence-electron chi connectivity index (χ1n) is 6.07. The largest absolute Gasteiger partial charge is 0.383 e. The summed E-state index contributed by atoms with van der Waals surface area (Å²) in [5.41, 5.74) is 7.51. The molecule has 0 unspecified atom stereocenters. The molecule has 2 aromatic rings. The molecule has 0 aliphatic carbocycles. The topological polar surface area (TPSA) is 62.3 Å². The van der Waals surface area contributed by atoms with Gasteiger partial charge in [0.25, 0.3) is 0 Å². The predicted octanol–water partition coefficient (Wildman–Crippen LogP) is 1.16. The molecule has 1 heterocycles. The highest BCUT2D eigenvalue weighted by Crippen LogP contribution is 2.16. The summed E-state index contributed by atoms with van der Waals surface area (Å²) in [4.78, 5) is 4.58. The zero-order chi connectivity index (χ0) is 12.8. The fraction of sp³-hybridized carbons (Fsp3) is 0.462. The Balaban J connectivity index is 2.25. The highest BCUT2D eigenvalue weighted by Gasteiger charge is 2.09. The van der Waals surface area contributed by atoms with Crippen molar-refractivity contribution in [1.82, 2.24) is 9.55 Å². The third kappa shape index (κ3) is 2.87. The summed E-state index contributed by atoms with van der Waals surface area (Å²) in [7, 11) is 1.70. The van der Waals surface area contributed by atoms with Crippen LogP contribution in [0.1, 0.15) is 5.82 Å². The molecule has 0 fully saturated rings. The van der Waals surface area contributed by atoms with E-state index >= 15 is 0 Å². The molecule has 0 aliphatic heterocycles. The van der Waals surface area contributed by atoms with Gasteiger partial charge >= 0.3 is 0 Å². The lowest BCUT2D eigenvalue weighted by Gasteiger charge is -2.08. The minimum Gasteiger partial charge on any atom is -0.383 e. The summed E-state index contributed by atoms with van der Waals surface area (Å²) in [5, 5.41) is 0. The first-order valence-corrected chi connectivity index (χ1v) is 6.07. The minimum absolute atomic E-state index is 0.482. The van der Waals surface area contributed by atoms with Crippen molar-refractivity contribution in [2.45, 2.75) is 13.2 Å². The van der Waals surface area contributed by atoms with Gasteiger partial charge in [-0.25, -0.2) is 4.98 Å². The van der Waals surface area contributed by atoms with Crippen molar-refractivity contribution in [3.8, 4) is 0 Å². The van der Waals surface area contributed by atoms with Gasteiger partial charge in [-0.05, 0) is 12.1 Å². The number of aromatic nitrogens is 2. The van der Waals surface area contributed by atoms with Crippen LogP contribution in [0.2, 0.25) is 0 Å². The van der Waals surface area contributed by atoms with Crippen LogP contribution < -0.4 is 5.73 Å². The van der Waals surface area contributed by atoms with Crippen LogP contribution in [0.4, 0.5) is 0 Å². The van der Waals surface area contributed by atoms with Crippen molar-refractivity contribution in [3.63, 3.8) is 0 Å². The Kier molecular flexibility index (Phi) is 4.69. The zero-order valence-corrected chi connectivity index (χ0v) is 10.6. The van der Waals surface area contributed by atoms with Crippen LogP contribution >= 0.6 is 0 Å². The minimum atomic E-state index is 0.482. The van der Waals surface area contributed by atoms with E-state index in [2.05, 4.69) is 15.6 Å². The molecular formula is C13H19N3O2. The maximum absolute atomic E-state index is 5.47. The van der Waals surface area contributed by atoms with Crippen LogP contribution in [-0.4, -0.2) is 36.4 Å². The Morgan fingerprint density at radius 2 is 2.11 bits per heavy atom. The Bertz CT molecular complexity index is 496. The molecule has 0 saturated heterocycles. The van der Waals surface area contributed by atoms with Gasteiger partial charge in [0, 0.05) is 20.2 Å². The summed E-state index contributed by atoms with van der Waals surface area (Å²) >= 11 is 0. The smallest absolute Gasteiger partial charge is 0.136 e. The van der Waals surface area contributed by atoms with E-state index < -0.39 is 0 Å². The van der Waals surface area contributed by atoms with Crippen molar-refractivity contribution in [3.05, 3.63) is 30.1 Å². The van der Waals surface area contributed by atoms with Gasteiger partial charge < -0.3 is 19.8 Å². The van der Waals surface area contributed by atoms with E-state index in [0.717, 1.165) is 23.4 Å². The van der Waals surface area contributed by atoms with Crippen molar-refractivity contribution in [1.29, 1.82) is 0 Å². The normalized spacial score (nSPS) is 11.2. The fourth-order valence-corrected chi connectivity index (χ4v) is 1.91. The maximum atomic E-state index is 5.47. The van der Waals surface area contributed by atoms with Gasteiger partial charge in [-0.3, -0.25) is 0 Å².